The zero-order chi connectivity index (χ0) is 21.3. The van der Waals surface area contributed by atoms with E-state index in [2.05, 4.69) is 5.32 Å². The minimum atomic E-state index is -0.528. The summed E-state index contributed by atoms with van der Waals surface area (Å²) >= 11 is 6.14. The van der Waals surface area contributed by atoms with E-state index in [1.54, 1.807) is 12.1 Å². The van der Waals surface area contributed by atoms with Crippen molar-refractivity contribution in [2.24, 2.45) is 0 Å². The summed E-state index contributed by atoms with van der Waals surface area (Å²) in [5, 5.41) is 13.8. The van der Waals surface area contributed by atoms with Gasteiger partial charge in [-0.25, -0.2) is 4.79 Å². The van der Waals surface area contributed by atoms with Gasteiger partial charge in [-0.05, 0) is 23.8 Å². The molecule has 3 amide bonds. The van der Waals surface area contributed by atoms with Gasteiger partial charge in [-0.1, -0.05) is 41.9 Å². The fourth-order valence-corrected chi connectivity index (χ4v) is 3.22. The lowest BCUT2D eigenvalue weighted by molar-refractivity contribution is -0.384. The second-order valence-corrected chi connectivity index (χ2v) is 6.90. The molecule has 2 aromatic carbocycles. The van der Waals surface area contributed by atoms with E-state index < -0.39 is 16.9 Å². The Hall–Kier alpha value is -3.91. The molecule has 1 aliphatic heterocycles. The largest absolute Gasteiger partial charge is 0.457 e. The quantitative estimate of drug-likeness (QED) is 0.279. The van der Waals surface area contributed by atoms with Crippen molar-refractivity contribution in [3.8, 4) is 11.3 Å². The van der Waals surface area contributed by atoms with Crippen LogP contribution in [0, 0.1) is 10.1 Å². The summed E-state index contributed by atoms with van der Waals surface area (Å²) in [6.45, 7) is 0.148. The van der Waals surface area contributed by atoms with Gasteiger partial charge in [0.25, 0.3) is 11.6 Å². The lowest BCUT2D eigenvalue weighted by atomic mass is 10.1. The van der Waals surface area contributed by atoms with Crippen molar-refractivity contribution in [2.75, 3.05) is 0 Å². The zero-order valence-corrected chi connectivity index (χ0v) is 16.1. The van der Waals surface area contributed by atoms with E-state index in [1.807, 2.05) is 30.3 Å². The van der Waals surface area contributed by atoms with Crippen LogP contribution in [-0.2, 0) is 11.3 Å². The summed E-state index contributed by atoms with van der Waals surface area (Å²) < 4.78 is 5.68. The van der Waals surface area contributed by atoms with E-state index in [0.717, 1.165) is 10.5 Å². The highest BCUT2D eigenvalue weighted by Gasteiger charge is 2.33. The number of furan rings is 1. The number of nitro benzene ring substituents is 1. The summed E-state index contributed by atoms with van der Waals surface area (Å²) in [6.07, 6.45) is 1.40. The van der Waals surface area contributed by atoms with Crippen LogP contribution in [0.1, 0.15) is 11.3 Å². The van der Waals surface area contributed by atoms with Crippen molar-refractivity contribution in [3.63, 3.8) is 0 Å². The molecule has 0 unspecified atom stereocenters. The van der Waals surface area contributed by atoms with Gasteiger partial charge in [-0.3, -0.25) is 19.8 Å². The Kier molecular flexibility index (Phi) is 5.07. The minimum Gasteiger partial charge on any atom is -0.457 e. The number of carbonyl (C=O) groups excluding carboxylic acids is 2. The monoisotopic (exact) mass is 423 g/mol. The number of carbonyl (C=O) groups is 2. The summed E-state index contributed by atoms with van der Waals surface area (Å²) in [6, 6.07) is 15.8. The summed E-state index contributed by atoms with van der Waals surface area (Å²) in [7, 11) is 0. The number of halogens is 1. The Labute approximate surface area is 175 Å². The molecule has 0 saturated carbocycles. The van der Waals surface area contributed by atoms with E-state index in [9.17, 15) is 19.7 Å². The van der Waals surface area contributed by atoms with Crippen LogP contribution in [-0.4, -0.2) is 21.8 Å². The molecule has 0 spiro atoms. The highest BCUT2D eigenvalue weighted by molar-refractivity contribution is 6.33. The molecule has 1 N–H and O–H groups in total. The minimum absolute atomic E-state index is 0.0713. The molecule has 150 valence electrons. The van der Waals surface area contributed by atoms with E-state index in [0.29, 0.717) is 11.3 Å². The number of urea groups is 1. The second kappa shape index (κ2) is 7.84. The highest BCUT2D eigenvalue weighted by Crippen LogP contribution is 2.33. The summed E-state index contributed by atoms with van der Waals surface area (Å²) in [5.74, 6) is 0.112. The number of imide groups is 1. The first-order valence-electron chi connectivity index (χ1n) is 8.85. The smallest absolute Gasteiger partial charge is 0.329 e. The molecule has 30 heavy (non-hydrogen) atoms. The molecule has 0 radical (unpaired) electrons. The third-order valence-electron chi connectivity index (χ3n) is 4.49. The van der Waals surface area contributed by atoms with Gasteiger partial charge in [0.05, 0.1) is 16.5 Å². The van der Waals surface area contributed by atoms with Gasteiger partial charge in [-0.15, -0.1) is 0 Å². The van der Waals surface area contributed by atoms with Crippen molar-refractivity contribution < 1.29 is 18.9 Å². The zero-order valence-electron chi connectivity index (χ0n) is 15.4. The molecular formula is C21H14ClN3O5. The van der Waals surface area contributed by atoms with Crippen LogP contribution in [0.3, 0.4) is 0 Å². The molecule has 0 atom stereocenters. The standard InChI is InChI=1S/C21H14ClN3O5/c22-17-8-6-14(25(28)29)10-16(17)19-9-7-15(30-19)11-18-20(26)24(21(27)23-18)12-13-4-2-1-3-5-13/h1-11H,12H2,(H,23,27)/b18-11+. The lowest BCUT2D eigenvalue weighted by Gasteiger charge is -2.11. The van der Waals surface area contributed by atoms with Gasteiger partial charge in [0.2, 0.25) is 0 Å². The molecule has 1 fully saturated rings. The van der Waals surface area contributed by atoms with Gasteiger partial charge in [0, 0.05) is 23.8 Å². The van der Waals surface area contributed by atoms with E-state index in [4.69, 9.17) is 16.0 Å². The van der Waals surface area contributed by atoms with Crippen molar-refractivity contribution >= 4 is 35.3 Å². The van der Waals surface area contributed by atoms with E-state index >= 15 is 0 Å². The number of amides is 3. The maximum atomic E-state index is 12.6. The molecule has 2 heterocycles. The van der Waals surface area contributed by atoms with Crippen LogP contribution in [0.25, 0.3) is 17.4 Å². The average Bonchev–Trinajstić information content (AvgIpc) is 3.29. The van der Waals surface area contributed by atoms with Gasteiger partial charge in [0.15, 0.2) is 0 Å². The number of hydrogen-bond acceptors (Lipinski definition) is 5. The predicted molar refractivity (Wildman–Crippen MR) is 109 cm³/mol. The SMILES string of the molecule is O=C1N/C(=C/c2ccc(-c3cc([N+](=O)[O-])ccc3Cl)o2)C(=O)N1Cc1ccccc1. The molecule has 0 aliphatic carbocycles. The second-order valence-electron chi connectivity index (χ2n) is 6.49. The van der Waals surface area contributed by atoms with E-state index in [-0.39, 0.29) is 28.7 Å². The number of rotatable bonds is 5. The molecule has 0 bridgehead atoms. The predicted octanol–water partition coefficient (Wildman–Crippen LogP) is 4.60. The van der Waals surface area contributed by atoms with Gasteiger partial charge in [-0.2, -0.15) is 0 Å². The molecule has 4 rings (SSSR count). The Morgan fingerprint density at radius 2 is 1.87 bits per heavy atom. The maximum absolute atomic E-state index is 12.6. The number of non-ortho nitro benzene ring substituents is 1. The third kappa shape index (κ3) is 3.81. The summed E-state index contributed by atoms with van der Waals surface area (Å²) in [5.41, 5.74) is 1.12. The molecule has 3 aromatic rings. The molecular weight excluding hydrogens is 410 g/mol. The van der Waals surface area contributed by atoms with Gasteiger partial charge in [0.1, 0.15) is 17.2 Å². The third-order valence-corrected chi connectivity index (χ3v) is 4.82. The molecule has 9 heteroatoms. The van der Waals surface area contributed by atoms with Crippen molar-refractivity contribution in [1.82, 2.24) is 10.2 Å². The maximum Gasteiger partial charge on any atom is 0.329 e. The fourth-order valence-electron chi connectivity index (χ4n) is 3.01. The first-order chi connectivity index (χ1) is 14.4. The Bertz CT molecular complexity index is 1190. The van der Waals surface area contributed by atoms with Crippen molar-refractivity contribution in [2.45, 2.75) is 6.54 Å². The van der Waals surface area contributed by atoms with Crippen LogP contribution in [0.2, 0.25) is 5.02 Å². The summed E-state index contributed by atoms with van der Waals surface area (Å²) in [4.78, 5) is 36.4. The number of hydrogen-bond donors (Lipinski definition) is 1. The van der Waals surface area contributed by atoms with Gasteiger partial charge < -0.3 is 9.73 Å². The first-order valence-corrected chi connectivity index (χ1v) is 9.23. The number of nitrogens with zero attached hydrogens (tertiary/aromatic N) is 2. The average molecular weight is 424 g/mol. The topological polar surface area (TPSA) is 106 Å². The normalized spacial score (nSPS) is 15.0. The lowest BCUT2D eigenvalue weighted by Crippen LogP contribution is -2.30. The number of benzene rings is 2. The van der Waals surface area contributed by atoms with Crippen LogP contribution in [0.4, 0.5) is 10.5 Å². The molecule has 1 saturated heterocycles. The Morgan fingerprint density at radius 3 is 2.60 bits per heavy atom. The fraction of sp³-hybridized carbons (Fsp3) is 0.0476. The number of nitrogens with one attached hydrogen (secondary N) is 1. The van der Waals surface area contributed by atoms with E-state index in [1.165, 1.54) is 24.3 Å². The Morgan fingerprint density at radius 1 is 1.10 bits per heavy atom. The van der Waals surface area contributed by atoms with Crippen molar-refractivity contribution in [3.05, 3.63) is 92.8 Å². The van der Waals surface area contributed by atoms with Crippen molar-refractivity contribution in [1.29, 1.82) is 0 Å². The number of nitro groups is 1. The highest BCUT2D eigenvalue weighted by atomic mass is 35.5. The van der Waals surface area contributed by atoms with Gasteiger partial charge >= 0.3 is 6.03 Å². The molecule has 1 aliphatic rings. The van der Waals surface area contributed by atoms with Crippen LogP contribution >= 0.6 is 11.6 Å². The van der Waals surface area contributed by atoms with Crippen LogP contribution in [0.5, 0.6) is 0 Å². The first kappa shape index (κ1) is 19.4. The Balaban J connectivity index is 1.57. The van der Waals surface area contributed by atoms with Crippen LogP contribution < -0.4 is 5.32 Å². The molecule has 1 aromatic heterocycles. The van der Waals surface area contributed by atoms with Crippen LogP contribution in [0.15, 0.2) is 70.8 Å². The molecule has 8 nitrogen and oxygen atoms in total.